The minimum atomic E-state index is -2.91. The van der Waals surface area contributed by atoms with E-state index < -0.39 is 6.61 Å². The number of hydrogen-bond acceptors (Lipinski definition) is 4. The molecule has 2 aromatic rings. The van der Waals surface area contributed by atoms with Gasteiger partial charge in [-0.2, -0.15) is 8.78 Å². The summed E-state index contributed by atoms with van der Waals surface area (Å²) in [5.41, 5.74) is 1.95. The van der Waals surface area contributed by atoms with E-state index in [0.29, 0.717) is 19.0 Å². The van der Waals surface area contributed by atoms with Crippen LogP contribution in [0.4, 0.5) is 8.78 Å². The SMILES string of the molecule is CN=C(NCc1ccc(OC)c(OC(F)F)c1)NCC1Cc2ccccc2O1.I. The van der Waals surface area contributed by atoms with Crippen molar-refractivity contribution < 1.29 is 23.0 Å². The van der Waals surface area contributed by atoms with Crippen molar-refractivity contribution in [2.45, 2.75) is 25.7 Å². The molecule has 2 N–H and O–H groups in total. The topological polar surface area (TPSA) is 64.1 Å². The average molecular weight is 519 g/mol. The normalized spacial score (nSPS) is 15.2. The fourth-order valence-electron chi connectivity index (χ4n) is 3.00. The Balaban J connectivity index is 0.00000300. The van der Waals surface area contributed by atoms with Gasteiger partial charge in [-0.1, -0.05) is 24.3 Å². The van der Waals surface area contributed by atoms with Gasteiger partial charge in [0.15, 0.2) is 17.5 Å². The molecule has 0 spiro atoms. The number of hydrogen-bond donors (Lipinski definition) is 2. The number of ether oxygens (including phenoxy) is 3. The van der Waals surface area contributed by atoms with E-state index in [0.717, 1.165) is 17.7 Å². The Hall–Kier alpha value is -2.30. The molecule has 0 saturated carbocycles. The number of aliphatic imine (C=N–C) groups is 1. The van der Waals surface area contributed by atoms with Gasteiger partial charge in [0.05, 0.1) is 13.7 Å². The third kappa shape index (κ3) is 6.34. The minimum absolute atomic E-state index is 0. The Morgan fingerprint density at radius 3 is 2.69 bits per heavy atom. The van der Waals surface area contributed by atoms with Crippen LogP contribution < -0.4 is 24.8 Å². The van der Waals surface area contributed by atoms with Gasteiger partial charge in [-0.3, -0.25) is 4.99 Å². The van der Waals surface area contributed by atoms with Gasteiger partial charge in [-0.05, 0) is 29.3 Å². The van der Waals surface area contributed by atoms with E-state index >= 15 is 0 Å². The molecule has 0 aromatic heterocycles. The summed E-state index contributed by atoms with van der Waals surface area (Å²) in [5, 5.41) is 6.37. The van der Waals surface area contributed by atoms with Crippen molar-refractivity contribution in [3.63, 3.8) is 0 Å². The summed E-state index contributed by atoms with van der Waals surface area (Å²) in [6.07, 6.45) is 0.871. The van der Waals surface area contributed by atoms with E-state index in [4.69, 9.17) is 9.47 Å². The molecule has 1 atom stereocenters. The second-order valence-electron chi connectivity index (χ2n) is 6.22. The Labute approximate surface area is 185 Å². The third-order valence-electron chi connectivity index (χ3n) is 4.34. The van der Waals surface area contributed by atoms with Gasteiger partial charge in [-0.25, -0.2) is 0 Å². The lowest BCUT2D eigenvalue weighted by molar-refractivity contribution is -0.0512. The van der Waals surface area contributed by atoms with Crippen LogP contribution in [0.15, 0.2) is 47.5 Å². The Morgan fingerprint density at radius 1 is 1.21 bits per heavy atom. The second kappa shape index (κ2) is 11.0. The molecule has 6 nitrogen and oxygen atoms in total. The molecular formula is C20H24F2IN3O3. The number of methoxy groups -OCH3 is 1. The summed E-state index contributed by atoms with van der Waals surface area (Å²) in [6, 6.07) is 12.9. The smallest absolute Gasteiger partial charge is 0.387 e. The van der Waals surface area contributed by atoms with Crippen molar-refractivity contribution >= 4 is 29.9 Å². The molecule has 0 bridgehead atoms. The minimum Gasteiger partial charge on any atom is -0.493 e. The molecule has 0 saturated heterocycles. The molecular weight excluding hydrogens is 495 g/mol. The summed E-state index contributed by atoms with van der Waals surface area (Å²) in [6.45, 7) is -1.94. The lowest BCUT2D eigenvalue weighted by Gasteiger charge is -2.16. The monoisotopic (exact) mass is 519 g/mol. The maximum Gasteiger partial charge on any atom is 0.387 e. The lowest BCUT2D eigenvalue weighted by Crippen LogP contribution is -2.41. The van der Waals surface area contributed by atoms with Gasteiger partial charge in [0.2, 0.25) is 0 Å². The maximum absolute atomic E-state index is 12.5. The molecule has 1 aliphatic heterocycles. The predicted octanol–water partition coefficient (Wildman–Crippen LogP) is 3.58. The predicted molar refractivity (Wildman–Crippen MR) is 118 cm³/mol. The van der Waals surface area contributed by atoms with E-state index in [1.807, 2.05) is 18.2 Å². The summed E-state index contributed by atoms with van der Waals surface area (Å²) < 4.78 is 40.5. The van der Waals surface area contributed by atoms with Crippen LogP contribution in [0, 0.1) is 0 Å². The van der Waals surface area contributed by atoms with Gasteiger partial charge in [0.25, 0.3) is 0 Å². The van der Waals surface area contributed by atoms with Crippen LogP contribution in [0.25, 0.3) is 0 Å². The van der Waals surface area contributed by atoms with Crippen LogP contribution in [0.3, 0.4) is 0 Å². The highest BCUT2D eigenvalue weighted by atomic mass is 127. The van der Waals surface area contributed by atoms with Crippen molar-refractivity contribution in [3.8, 4) is 17.2 Å². The molecule has 0 radical (unpaired) electrons. The first-order valence-corrected chi connectivity index (χ1v) is 8.90. The molecule has 0 fully saturated rings. The number of rotatable bonds is 7. The zero-order valence-corrected chi connectivity index (χ0v) is 18.5. The van der Waals surface area contributed by atoms with Crippen LogP contribution >= 0.6 is 24.0 Å². The summed E-state index contributed by atoms with van der Waals surface area (Å²) >= 11 is 0. The third-order valence-corrected chi connectivity index (χ3v) is 4.34. The lowest BCUT2D eigenvalue weighted by atomic mass is 10.1. The first kappa shape index (κ1) is 23.0. The number of halogens is 3. The van der Waals surface area contributed by atoms with Gasteiger partial charge < -0.3 is 24.8 Å². The van der Waals surface area contributed by atoms with Crippen molar-refractivity contribution in [2.24, 2.45) is 4.99 Å². The highest BCUT2D eigenvalue weighted by Gasteiger charge is 2.22. The van der Waals surface area contributed by atoms with E-state index in [1.54, 1.807) is 19.2 Å². The summed E-state index contributed by atoms with van der Waals surface area (Å²) in [5.74, 6) is 1.76. The van der Waals surface area contributed by atoms with Crippen LogP contribution in [0.2, 0.25) is 0 Å². The summed E-state index contributed by atoms with van der Waals surface area (Å²) in [7, 11) is 3.07. The fourth-order valence-corrected chi connectivity index (χ4v) is 3.00. The Bertz CT molecular complexity index is 811. The number of alkyl halides is 2. The number of guanidine groups is 1. The molecule has 0 aliphatic carbocycles. The average Bonchev–Trinajstić information content (AvgIpc) is 3.11. The molecule has 1 heterocycles. The number of nitrogens with one attached hydrogen (secondary N) is 2. The molecule has 1 unspecified atom stereocenters. The van der Waals surface area contributed by atoms with Crippen LogP contribution in [-0.2, 0) is 13.0 Å². The molecule has 9 heteroatoms. The largest absolute Gasteiger partial charge is 0.493 e. The number of nitrogens with zero attached hydrogens (tertiary/aromatic N) is 1. The first-order valence-electron chi connectivity index (χ1n) is 8.90. The zero-order valence-electron chi connectivity index (χ0n) is 16.2. The highest BCUT2D eigenvalue weighted by molar-refractivity contribution is 14.0. The highest BCUT2D eigenvalue weighted by Crippen LogP contribution is 2.29. The van der Waals surface area contributed by atoms with E-state index in [-0.39, 0.29) is 41.6 Å². The number of benzene rings is 2. The molecule has 3 rings (SSSR count). The number of fused-ring (bicyclic) bond motifs is 1. The van der Waals surface area contributed by atoms with Crippen LogP contribution in [0.1, 0.15) is 11.1 Å². The van der Waals surface area contributed by atoms with Crippen molar-refractivity contribution in [1.82, 2.24) is 10.6 Å². The van der Waals surface area contributed by atoms with Gasteiger partial charge in [-0.15, -0.1) is 24.0 Å². The Kier molecular flexibility index (Phi) is 8.74. The quantitative estimate of drug-likeness (QED) is 0.333. The molecule has 29 heavy (non-hydrogen) atoms. The molecule has 0 amide bonds. The van der Waals surface area contributed by atoms with E-state index in [1.165, 1.54) is 18.7 Å². The zero-order chi connectivity index (χ0) is 19.9. The summed E-state index contributed by atoms with van der Waals surface area (Å²) in [4.78, 5) is 4.18. The van der Waals surface area contributed by atoms with Gasteiger partial charge in [0, 0.05) is 20.0 Å². The van der Waals surface area contributed by atoms with E-state index in [2.05, 4.69) is 26.4 Å². The van der Waals surface area contributed by atoms with Crippen molar-refractivity contribution in [3.05, 3.63) is 53.6 Å². The van der Waals surface area contributed by atoms with Gasteiger partial charge in [0.1, 0.15) is 11.9 Å². The van der Waals surface area contributed by atoms with Crippen LogP contribution in [0.5, 0.6) is 17.2 Å². The van der Waals surface area contributed by atoms with E-state index in [9.17, 15) is 8.78 Å². The fraction of sp³-hybridized carbons (Fsp3) is 0.350. The standard InChI is InChI=1S/C20H23F2N3O3.HI/c1-23-20(25-12-15-10-14-5-3-4-6-16(14)27-15)24-11-13-7-8-17(26-2)18(9-13)28-19(21)22;/h3-9,15,19H,10-12H2,1-2H3,(H2,23,24,25);1H. The Morgan fingerprint density at radius 2 is 2.00 bits per heavy atom. The van der Waals surface area contributed by atoms with Crippen molar-refractivity contribution in [1.29, 1.82) is 0 Å². The first-order chi connectivity index (χ1) is 13.6. The van der Waals surface area contributed by atoms with Crippen molar-refractivity contribution in [2.75, 3.05) is 20.7 Å². The van der Waals surface area contributed by atoms with Crippen LogP contribution in [-0.4, -0.2) is 39.4 Å². The number of para-hydroxylation sites is 1. The maximum atomic E-state index is 12.5. The molecule has 2 aromatic carbocycles. The second-order valence-corrected chi connectivity index (χ2v) is 6.22. The molecule has 158 valence electrons. The molecule has 1 aliphatic rings. The van der Waals surface area contributed by atoms with Gasteiger partial charge >= 0.3 is 6.61 Å².